The molecule has 1 aromatic carbocycles. The summed E-state index contributed by atoms with van der Waals surface area (Å²) in [5, 5.41) is 3.59. The van der Waals surface area contributed by atoms with Crippen molar-refractivity contribution in [3.05, 3.63) is 29.3 Å². The van der Waals surface area contributed by atoms with Crippen molar-refractivity contribution in [2.45, 2.75) is 25.8 Å². The molecule has 18 heavy (non-hydrogen) atoms. The van der Waals surface area contributed by atoms with Crippen molar-refractivity contribution >= 4 is 0 Å². The molecule has 1 heterocycles. The number of hydrogen-bond acceptors (Lipinski definition) is 3. The fourth-order valence-electron chi connectivity index (χ4n) is 2.62. The lowest BCUT2D eigenvalue weighted by atomic mass is 10.0. The fourth-order valence-corrected chi connectivity index (χ4v) is 2.62. The van der Waals surface area contributed by atoms with E-state index in [2.05, 4.69) is 42.4 Å². The van der Waals surface area contributed by atoms with Crippen LogP contribution in [0.1, 0.15) is 17.5 Å². The highest BCUT2D eigenvalue weighted by Crippen LogP contribution is 2.19. The quantitative estimate of drug-likeness (QED) is 0.880. The zero-order chi connectivity index (χ0) is 13.0. The topological polar surface area (TPSA) is 24.5 Å². The van der Waals surface area contributed by atoms with Crippen molar-refractivity contribution in [3.8, 4) is 5.75 Å². The summed E-state index contributed by atoms with van der Waals surface area (Å²) in [6.07, 6.45) is 2.34. The van der Waals surface area contributed by atoms with Crippen molar-refractivity contribution in [2.24, 2.45) is 0 Å². The number of nitrogens with one attached hydrogen (secondary N) is 1. The summed E-state index contributed by atoms with van der Waals surface area (Å²) in [5.74, 6) is 0.981. The van der Waals surface area contributed by atoms with Crippen LogP contribution in [0.5, 0.6) is 5.75 Å². The van der Waals surface area contributed by atoms with Crippen molar-refractivity contribution in [2.75, 3.05) is 33.8 Å². The molecule has 0 amide bonds. The maximum Gasteiger partial charge on any atom is 0.121 e. The number of aryl methyl sites for hydroxylation is 2. The van der Waals surface area contributed by atoms with Gasteiger partial charge < -0.3 is 15.0 Å². The first-order chi connectivity index (χ1) is 8.69. The summed E-state index contributed by atoms with van der Waals surface area (Å²) in [6.45, 7) is 5.55. The van der Waals surface area contributed by atoms with Gasteiger partial charge in [-0.3, -0.25) is 0 Å². The lowest BCUT2D eigenvalue weighted by molar-refractivity contribution is 0.232. The second kappa shape index (κ2) is 6.21. The smallest absolute Gasteiger partial charge is 0.121 e. The first kappa shape index (κ1) is 13.4. The van der Waals surface area contributed by atoms with E-state index in [-0.39, 0.29) is 0 Å². The summed E-state index contributed by atoms with van der Waals surface area (Å²) in [6, 6.07) is 7.13. The Bertz CT molecular complexity index is 392. The molecule has 0 bridgehead atoms. The number of likely N-dealkylation sites (N-methyl/N-ethyl adjacent to an activating group) is 1. The lowest BCUT2D eigenvalue weighted by Gasteiger charge is -2.31. The molecule has 1 fully saturated rings. The maximum absolute atomic E-state index is 5.29. The van der Waals surface area contributed by atoms with Crippen molar-refractivity contribution in [3.63, 3.8) is 0 Å². The van der Waals surface area contributed by atoms with Gasteiger partial charge in [-0.25, -0.2) is 0 Å². The van der Waals surface area contributed by atoms with Crippen LogP contribution in [-0.2, 0) is 6.42 Å². The average Bonchev–Trinajstić information content (AvgIpc) is 2.37. The second-order valence-electron chi connectivity index (χ2n) is 5.26. The van der Waals surface area contributed by atoms with E-state index in [4.69, 9.17) is 4.74 Å². The van der Waals surface area contributed by atoms with Gasteiger partial charge in [0.15, 0.2) is 0 Å². The molecular weight excluding hydrogens is 224 g/mol. The van der Waals surface area contributed by atoms with E-state index in [1.807, 2.05) is 0 Å². The fraction of sp³-hybridized carbons (Fsp3) is 0.600. The number of rotatable bonds is 4. The monoisotopic (exact) mass is 248 g/mol. The minimum atomic E-state index is 0.631. The number of methoxy groups -OCH3 is 1. The molecule has 1 N–H and O–H groups in total. The molecule has 1 unspecified atom stereocenters. The zero-order valence-corrected chi connectivity index (χ0v) is 11.7. The molecule has 0 saturated carbocycles. The molecule has 0 aliphatic carbocycles. The number of hydrogen-bond donors (Lipinski definition) is 1. The summed E-state index contributed by atoms with van der Waals surface area (Å²) >= 11 is 0. The molecule has 1 saturated heterocycles. The van der Waals surface area contributed by atoms with Crippen molar-refractivity contribution in [1.82, 2.24) is 10.2 Å². The van der Waals surface area contributed by atoms with Gasteiger partial charge in [0.2, 0.25) is 0 Å². The Morgan fingerprint density at radius 2 is 2.28 bits per heavy atom. The highest BCUT2D eigenvalue weighted by molar-refractivity contribution is 5.36. The van der Waals surface area contributed by atoms with Gasteiger partial charge in [-0.2, -0.15) is 0 Å². The maximum atomic E-state index is 5.29. The standard InChI is InChI=1S/C15H24N2O/c1-12-10-13(5-7-15(12)18-3)4-6-14-11-17(2)9-8-16-14/h5,7,10,14,16H,4,6,8-9,11H2,1-3H3. The Labute approximate surface area is 110 Å². The summed E-state index contributed by atoms with van der Waals surface area (Å²) < 4.78 is 5.29. The van der Waals surface area contributed by atoms with Gasteiger partial charge in [0.05, 0.1) is 7.11 Å². The largest absolute Gasteiger partial charge is 0.496 e. The normalized spacial score (nSPS) is 20.9. The molecule has 1 atom stereocenters. The molecule has 1 aromatic rings. The predicted molar refractivity (Wildman–Crippen MR) is 75.3 cm³/mol. The van der Waals surface area contributed by atoms with E-state index < -0.39 is 0 Å². The Morgan fingerprint density at radius 1 is 1.44 bits per heavy atom. The number of ether oxygens (including phenoxy) is 1. The molecule has 3 nitrogen and oxygen atoms in total. The third-order valence-electron chi connectivity index (χ3n) is 3.70. The zero-order valence-electron chi connectivity index (χ0n) is 11.7. The van der Waals surface area contributed by atoms with Crippen LogP contribution in [0, 0.1) is 6.92 Å². The van der Waals surface area contributed by atoms with Crippen LogP contribution < -0.4 is 10.1 Å². The minimum Gasteiger partial charge on any atom is -0.496 e. The van der Waals surface area contributed by atoms with Gasteiger partial charge in [0, 0.05) is 25.7 Å². The van der Waals surface area contributed by atoms with Crippen LogP contribution in [-0.4, -0.2) is 44.7 Å². The predicted octanol–water partition coefficient (Wildman–Crippen LogP) is 1.84. The Morgan fingerprint density at radius 3 is 2.94 bits per heavy atom. The first-order valence-corrected chi connectivity index (χ1v) is 6.74. The average molecular weight is 248 g/mol. The Balaban J connectivity index is 1.88. The summed E-state index contributed by atoms with van der Waals surface area (Å²) in [5.41, 5.74) is 2.63. The van der Waals surface area contributed by atoms with Gasteiger partial charge in [-0.15, -0.1) is 0 Å². The van der Waals surface area contributed by atoms with Crippen LogP contribution in [0.15, 0.2) is 18.2 Å². The van der Waals surface area contributed by atoms with Gasteiger partial charge in [0.1, 0.15) is 5.75 Å². The second-order valence-corrected chi connectivity index (χ2v) is 5.26. The third-order valence-corrected chi connectivity index (χ3v) is 3.70. The molecule has 1 aliphatic heterocycles. The van der Waals surface area contributed by atoms with Crippen molar-refractivity contribution < 1.29 is 4.74 Å². The lowest BCUT2D eigenvalue weighted by Crippen LogP contribution is -2.49. The van der Waals surface area contributed by atoms with Crippen LogP contribution in [0.2, 0.25) is 0 Å². The molecule has 0 radical (unpaired) electrons. The number of benzene rings is 1. The van der Waals surface area contributed by atoms with Gasteiger partial charge in [-0.05, 0) is 44.0 Å². The van der Waals surface area contributed by atoms with Gasteiger partial charge in [-0.1, -0.05) is 12.1 Å². The van der Waals surface area contributed by atoms with E-state index in [0.717, 1.165) is 31.8 Å². The Hall–Kier alpha value is -1.06. The number of nitrogens with zero attached hydrogens (tertiary/aromatic N) is 1. The van der Waals surface area contributed by atoms with E-state index >= 15 is 0 Å². The van der Waals surface area contributed by atoms with Gasteiger partial charge >= 0.3 is 0 Å². The number of piperazine rings is 1. The SMILES string of the molecule is COc1ccc(CCC2CN(C)CCN2)cc1C. The molecule has 0 spiro atoms. The molecule has 100 valence electrons. The molecule has 1 aliphatic rings. The van der Waals surface area contributed by atoms with Crippen LogP contribution >= 0.6 is 0 Å². The highest BCUT2D eigenvalue weighted by Gasteiger charge is 2.15. The van der Waals surface area contributed by atoms with E-state index in [1.165, 1.54) is 17.5 Å². The van der Waals surface area contributed by atoms with Crippen molar-refractivity contribution in [1.29, 1.82) is 0 Å². The summed E-state index contributed by atoms with van der Waals surface area (Å²) in [4.78, 5) is 2.40. The molecule has 0 aromatic heterocycles. The van der Waals surface area contributed by atoms with E-state index in [9.17, 15) is 0 Å². The van der Waals surface area contributed by atoms with Gasteiger partial charge in [0.25, 0.3) is 0 Å². The van der Waals surface area contributed by atoms with Crippen LogP contribution in [0.25, 0.3) is 0 Å². The molecule has 3 heteroatoms. The minimum absolute atomic E-state index is 0.631. The van der Waals surface area contributed by atoms with Crippen LogP contribution in [0.3, 0.4) is 0 Å². The highest BCUT2D eigenvalue weighted by atomic mass is 16.5. The summed E-state index contributed by atoms with van der Waals surface area (Å²) in [7, 11) is 3.93. The Kier molecular flexibility index (Phi) is 4.61. The molecular formula is C15H24N2O. The van der Waals surface area contributed by atoms with E-state index in [1.54, 1.807) is 7.11 Å². The van der Waals surface area contributed by atoms with Crippen LogP contribution in [0.4, 0.5) is 0 Å². The first-order valence-electron chi connectivity index (χ1n) is 6.74. The van der Waals surface area contributed by atoms with E-state index in [0.29, 0.717) is 6.04 Å². The molecule has 2 rings (SSSR count). The third kappa shape index (κ3) is 3.47.